The van der Waals surface area contributed by atoms with Crippen molar-refractivity contribution in [2.75, 3.05) is 5.73 Å². The molecule has 0 aliphatic rings. The van der Waals surface area contributed by atoms with Gasteiger partial charge in [-0.25, -0.2) is 0 Å². The molecule has 0 saturated carbocycles. The summed E-state index contributed by atoms with van der Waals surface area (Å²) < 4.78 is 7.05. The van der Waals surface area contributed by atoms with Crippen molar-refractivity contribution in [2.24, 2.45) is 0 Å². The van der Waals surface area contributed by atoms with E-state index in [0.29, 0.717) is 6.61 Å². The van der Waals surface area contributed by atoms with Crippen molar-refractivity contribution < 1.29 is 4.43 Å². The van der Waals surface area contributed by atoms with Crippen LogP contribution in [-0.2, 0) is 11.0 Å². The molecule has 0 amide bonds. The predicted octanol–water partition coefficient (Wildman–Crippen LogP) is 4.96. The van der Waals surface area contributed by atoms with Crippen molar-refractivity contribution in [3.8, 4) is 0 Å². The second-order valence-corrected chi connectivity index (χ2v) is 12.8. The fourth-order valence-corrected chi connectivity index (χ4v) is 8.59. The Hall–Kier alpha value is -2.36. The second-order valence-electron chi connectivity index (χ2n) is 8.53. The zero-order chi connectivity index (χ0) is 20.4. The van der Waals surface area contributed by atoms with Gasteiger partial charge in [0.05, 0.1) is 6.61 Å². The molecule has 0 aliphatic heterocycles. The van der Waals surface area contributed by atoms with E-state index in [1.807, 2.05) is 6.07 Å². The van der Waals surface area contributed by atoms with Crippen molar-refractivity contribution in [1.82, 2.24) is 0 Å². The molecule has 0 fully saturated rings. The van der Waals surface area contributed by atoms with E-state index >= 15 is 0 Å². The quantitative estimate of drug-likeness (QED) is 0.494. The summed E-state index contributed by atoms with van der Waals surface area (Å²) in [5.41, 5.74) is 10.6. The lowest BCUT2D eigenvalue weighted by atomic mass is 10.0. The molecule has 2 nitrogen and oxygen atoms in total. The summed E-state index contributed by atoms with van der Waals surface area (Å²) >= 11 is 0. The Labute approximate surface area is 170 Å². The van der Waals surface area contributed by atoms with E-state index in [4.69, 9.17) is 10.2 Å². The zero-order valence-corrected chi connectivity index (χ0v) is 18.6. The van der Waals surface area contributed by atoms with Crippen LogP contribution in [0.25, 0.3) is 0 Å². The van der Waals surface area contributed by atoms with Crippen molar-refractivity contribution >= 4 is 24.4 Å². The number of benzene rings is 3. The summed E-state index contributed by atoms with van der Waals surface area (Å²) in [6.07, 6.45) is 0. The van der Waals surface area contributed by atoms with Gasteiger partial charge in [0.2, 0.25) is 0 Å². The van der Waals surface area contributed by atoms with Gasteiger partial charge >= 0.3 is 0 Å². The van der Waals surface area contributed by atoms with E-state index < -0.39 is 8.32 Å². The molecule has 0 heterocycles. The summed E-state index contributed by atoms with van der Waals surface area (Å²) in [5, 5.41) is 2.57. The van der Waals surface area contributed by atoms with Crippen LogP contribution < -0.4 is 16.1 Å². The minimum Gasteiger partial charge on any atom is -0.403 e. The molecule has 0 saturated heterocycles. The van der Waals surface area contributed by atoms with Crippen LogP contribution in [0, 0.1) is 13.8 Å². The first-order chi connectivity index (χ1) is 13.3. The molecule has 3 aromatic rings. The summed E-state index contributed by atoms with van der Waals surface area (Å²) in [6.45, 7) is 11.7. The van der Waals surface area contributed by atoms with Crippen molar-refractivity contribution in [3.05, 3.63) is 89.5 Å². The first-order valence-corrected chi connectivity index (χ1v) is 11.8. The molecule has 0 aromatic heterocycles. The maximum atomic E-state index is 7.05. The van der Waals surface area contributed by atoms with Gasteiger partial charge in [0.25, 0.3) is 8.32 Å². The van der Waals surface area contributed by atoms with Crippen LogP contribution in [0.4, 0.5) is 5.69 Å². The third kappa shape index (κ3) is 3.65. The van der Waals surface area contributed by atoms with Crippen LogP contribution in [0.1, 0.15) is 37.5 Å². The molecule has 3 aromatic carbocycles. The fraction of sp³-hybridized carbons (Fsp3) is 0.280. The molecule has 146 valence electrons. The molecular formula is C25H31NOSi. The smallest absolute Gasteiger partial charge is 0.261 e. The van der Waals surface area contributed by atoms with Gasteiger partial charge in [-0.3, -0.25) is 0 Å². The summed E-state index contributed by atoms with van der Waals surface area (Å²) in [7, 11) is -2.54. The topological polar surface area (TPSA) is 35.2 Å². The SMILES string of the molecule is Cc1ccc(N)c(C)c1CO[Si](c1ccccc1)(c1ccccc1)C(C)(C)C. The standard InChI is InChI=1S/C25H31NOSi/c1-19-16-17-24(26)20(2)23(19)18-27-28(25(3,4)5,21-12-8-6-9-13-21)22-14-10-7-11-15-22/h6-17H,18,26H2,1-5H3. The van der Waals surface area contributed by atoms with Gasteiger partial charge in [0.1, 0.15) is 0 Å². The van der Waals surface area contributed by atoms with E-state index in [1.165, 1.54) is 21.5 Å². The minimum atomic E-state index is -2.54. The van der Waals surface area contributed by atoms with Gasteiger partial charge in [-0.1, -0.05) is 87.5 Å². The highest BCUT2D eigenvalue weighted by Gasteiger charge is 2.50. The van der Waals surface area contributed by atoms with Crippen LogP contribution in [0.3, 0.4) is 0 Å². The van der Waals surface area contributed by atoms with Crippen LogP contribution in [0.2, 0.25) is 5.04 Å². The maximum absolute atomic E-state index is 7.05. The molecule has 3 heteroatoms. The molecule has 0 aliphatic carbocycles. The van der Waals surface area contributed by atoms with Gasteiger partial charge in [0.15, 0.2) is 0 Å². The van der Waals surface area contributed by atoms with E-state index in [2.05, 4.69) is 101 Å². The molecular weight excluding hydrogens is 358 g/mol. The molecule has 28 heavy (non-hydrogen) atoms. The summed E-state index contributed by atoms with van der Waals surface area (Å²) in [5.74, 6) is 0. The third-order valence-electron chi connectivity index (χ3n) is 5.72. The lowest BCUT2D eigenvalue weighted by Gasteiger charge is -2.43. The summed E-state index contributed by atoms with van der Waals surface area (Å²) in [4.78, 5) is 0. The minimum absolute atomic E-state index is 0.0299. The number of anilines is 1. The first-order valence-electron chi connectivity index (χ1n) is 9.87. The number of hydrogen-bond acceptors (Lipinski definition) is 2. The van der Waals surface area contributed by atoms with E-state index in [9.17, 15) is 0 Å². The third-order valence-corrected chi connectivity index (χ3v) is 10.7. The van der Waals surface area contributed by atoms with Crippen molar-refractivity contribution in [1.29, 1.82) is 0 Å². The Bertz CT molecular complexity index is 891. The second kappa shape index (κ2) is 7.94. The molecule has 0 radical (unpaired) electrons. The van der Waals surface area contributed by atoms with Gasteiger partial charge < -0.3 is 10.2 Å². The Kier molecular flexibility index (Phi) is 5.78. The number of rotatable bonds is 5. The number of hydrogen-bond donors (Lipinski definition) is 1. The molecule has 3 rings (SSSR count). The normalized spacial score (nSPS) is 12.2. The van der Waals surface area contributed by atoms with Gasteiger partial charge in [-0.2, -0.15) is 0 Å². The molecule has 0 spiro atoms. The van der Waals surface area contributed by atoms with Crippen LogP contribution in [0.5, 0.6) is 0 Å². The highest BCUT2D eigenvalue weighted by molar-refractivity contribution is 6.99. The van der Waals surface area contributed by atoms with Gasteiger partial charge in [-0.15, -0.1) is 0 Å². The number of aryl methyl sites for hydroxylation is 1. The molecule has 0 atom stereocenters. The molecule has 2 N–H and O–H groups in total. The molecule has 0 unspecified atom stereocenters. The van der Waals surface area contributed by atoms with Gasteiger partial charge in [0, 0.05) is 5.69 Å². The van der Waals surface area contributed by atoms with Crippen LogP contribution >= 0.6 is 0 Å². The lowest BCUT2D eigenvalue weighted by molar-refractivity contribution is 0.285. The maximum Gasteiger partial charge on any atom is 0.261 e. The Morgan fingerprint density at radius 3 is 1.75 bits per heavy atom. The Morgan fingerprint density at radius 1 is 0.786 bits per heavy atom. The largest absolute Gasteiger partial charge is 0.403 e. The molecule has 0 bridgehead atoms. The van der Waals surface area contributed by atoms with Crippen LogP contribution in [0.15, 0.2) is 72.8 Å². The van der Waals surface area contributed by atoms with Gasteiger partial charge in [-0.05, 0) is 52.0 Å². The Balaban J connectivity index is 2.16. The average Bonchev–Trinajstić information content (AvgIpc) is 2.68. The number of nitrogen functional groups attached to an aromatic ring is 1. The zero-order valence-electron chi connectivity index (χ0n) is 17.6. The summed E-state index contributed by atoms with van der Waals surface area (Å²) in [6, 6.07) is 25.6. The first kappa shape index (κ1) is 20.4. The monoisotopic (exact) mass is 389 g/mol. The predicted molar refractivity (Wildman–Crippen MR) is 123 cm³/mol. The van der Waals surface area contributed by atoms with Crippen molar-refractivity contribution in [3.63, 3.8) is 0 Å². The number of nitrogens with two attached hydrogens (primary N) is 1. The van der Waals surface area contributed by atoms with E-state index in [-0.39, 0.29) is 5.04 Å². The van der Waals surface area contributed by atoms with Crippen molar-refractivity contribution in [2.45, 2.75) is 46.3 Å². The lowest BCUT2D eigenvalue weighted by Crippen LogP contribution is -2.66. The van der Waals surface area contributed by atoms with Crippen LogP contribution in [-0.4, -0.2) is 8.32 Å². The van der Waals surface area contributed by atoms with E-state index in [1.54, 1.807) is 0 Å². The van der Waals surface area contributed by atoms with E-state index in [0.717, 1.165) is 11.3 Å². The highest BCUT2D eigenvalue weighted by atomic mass is 28.4. The average molecular weight is 390 g/mol. The highest BCUT2D eigenvalue weighted by Crippen LogP contribution is 2.37. The Morgan fingerprint density at radius 2 is 1.29 bits per heavy atom. The fourth-order valence-electron chi connectivity index (χ4n) is 4.07.